The summed E-state index contributed by atoms with van der Waals surface area (Å²) in [5, 5.41) is 0.714. The molecule has 0 heterocycles. The van der Waals surface area contributed by atoms with Crippen LogP contribution in [-0.2, 0) is 13.6 Å². The molecule has 0 spiro atoms. The summed E-state index contributed by atoms with van der Waals surface area (Å²) in [4.78, 5) is 0. The van der Waals surface area contributed by atoms with Gasteiger partial charge in [-0.3, -0.25) is 4.57 Å². The van der Waals surface area contributed by atoms with E-state index in [1.165, 1.54) is 38.5 Å². The Kier molecular flexibility index (Phi) is 5.73. The first-order valence-corrected chi connectivity index (χ1v) is 10.3. The van der Waals surface area contributed by atoms with Gasteiger partial charge in [0.15, 0.2) is 0 Å². The van der Waals surface area contributed by atoms with Gasteiger partial charge in [0.25, 0.3) is 0 Å². The SMILES string of the molecule is O=P(OC1CCCCC1)(OC1CCCCC1)c1ccccc1. The zero-order valence-corrected chi connectivity index (χ0v) is 14.2. The van der Waals surface area contributed by atoms with Crippen LogP contribution in [0.15, 0.2) is 30.3 Å². The predicted octanol–water partition coefficient (Wildman–Crippen LogP) is 5.20. The van der Waals surface area contributed by atoms with Crippen molar-refractivity contribution in [3.63, 3.8) is 0 Å². The molecule has 2 aliphatic carbocycles. The molecule has 122 valence electrons. The molecule has 0 radical (unpaired) electrons. The van der Waals surface area contributed by atoms with Crippen LogP contribution in [0, 0.1) is 0 Å². The zero-order chi connectivity index (χ0) is 15.3. The normalized spacial score (nSPS) is 21.8. The average molecular weight is 322 g/mol. The van der Waals surface area contributed by atoms with Gasteiger partial charge in [-0.2, -0.15) is 0 Å². The average Bonchev–Trinajstić information content (AvgIpc) is 2.57. The van der Waals surface area contributed by atoms with Crippen molar-refractivity contribution in [2.24, 2.45) is 0 Å². The Morgan fingerprint density at radius 2 is 1.18 bits per heavy atom. The fourth-order valence-corrected chi connectivity index (χ4v) is 5.53. The van der Waals surface area contributed by atoms with Crippen molar-refractivity contribution >= 4 is 12.9 Å². The highest BCUT2D eigenvalue weighted by atomic mass is 31.2. The van der Waals surface area contributed by atoms with E-state index in [9.17, 15) is 4.57 Å². The van der Waals surface area contributed by atoms with Crippen molar-refractivity contribution in [1.29, 1.82) is 0 Å². The standard InChI is InChI=1S/C18H27O3P/c19-22(18-14-8-3-9-15-18,20-16-10-4-1-5-11-16)21-17-12-6-2-7-13-17/h3,8-9,14-17H,1-2,4-7,10-13H2. The molecule has 0 aliphatic heterocycles. The minimum absolute atomic E-state index is 0.0865. The van der Waals surface area contributed by atoms with Crippen molar-refractivity contribution < 1.29 is 13.6 Å². The zero-order valence-electron chi connectivity index (χ0n) is 13.3. The Morgan fingerprint density at radius 3 is 1.64 bits per heavy atom. The van der Waals surface area contributed by atoms with Crippen LogP contribution in [0.5, 0.6) is 0 Å². The number of hydrogen-bond acceptors (Lipinski definition) is 3. The Morgan fingerprint density at radius 1 is 0.727 bits per heavy atom. The second-order valence-corrected chi connectivity index (χ2v) is 8.50. The summed E-state index contributed by atoms with van der Waals surface area (Å²) in [6.07, 6.45) is 11.4. The van der Waals surface area contributed by atoms with Crippen molar-refractivity contribution in [1.82, 2.24) is 0 Å². The van der Waals surface area contributed by atoms with E-state index in [2.05, 4.69) is 0 Å². The molecule has 1 aromatic rings. The van der Waals surface area contributed by atoms with Crippen molar-refractivity contribution in [2.45, 2.75) is 76.4 Å². The topological polar surface area (TPSA) is 35.5 Å². The first-order valence-electron chi connectivity index (χ1n) is 8.79. The summed E-state index contributed by atoms with van der Waals surface area (Å²) in [5.74, 6) is 0. The fraction of sp³-hybridized carbons (Fsp3) is 0.667. The van der Waals surface area contributed by atoms with Crippen LogP contribution >= 0.6 is 7.60 Å². The summed E-state index contributed by atoms with van der Waals surface area (Å²) in [6, 6.07) is 9.53. The van der Waals surface area contributed by atoms with E-state index in [0.717, 1.165) is 25.7 Å². The highest BCUT2D eigenvalue weighted by Crippen LogP contribution is 2.52. The fourth-order valence-electron chi connectivity index (χ4n) is 3.49. The minimum Gasteiger partial charge on any atom is -0.302 e. The lowest BCUT2D eigenvalue weighted by atomic mass is 9.98. The highest BCUT2D eigenvalue weighted by Gasteiger charge is 2.35. The molecule has 4 heteroatoms. The predicted molar refractivity (Wildman–Crippen MR) is 89.6 cm³/mol. The van der Waals surface area contributed by atoms with Gasteiger partial charge in [-0.25, -0.2) is 0 Å². The lowest BCUT2D eigenvalue weighted by molar-refractivity contribution is 0.0846. The summed E-state index contributed by atoms with van der Waals surface area (Å²) >= 11 is 0. The molecule has 0 atom stereocenters. The van der Waals surface area contributed by atoms with Gasteiger partial charge in [-0.15, -0.1) is 0 Å². The molecule has 3 rings (SSSR count). The summed E-state index contributed by atoms with van der Waals surface area (Å²) in [5.41, 5.74) is 0. The number of rotatable bonds is 5. The molecule has 0 unspecified atom stereocenters. The monoisotopic (exact) mass is 322 g/mol. The van der Waals surface area contributed by atoms with Gasteiger partial charge in [0.05, 0.1) is 17.5 Å². The Bertz CT molecular complexity index is 466. The summed E-state index contributed by atoms with van der Waals surface area (Å²) in [6.45, 7) is 0. The van der Waals surface area contributed by atoms with Gasteiger partial charge < -0.3 is 9.05 Å². The number of benzene rings is 1. The van der Waals surface area contributed by atoms with E-state index >= 15 is 0 Å². The Hall–Kier alpha value is -0.630. The highest BCUT2D eigenvalue weighted by molar-refractivity contribution is 7.62. The lowest BCUT2D eigenvalue weighted by Gasteiger charge is -2.31. The van der Waals surface area contributed by atoms with Gasteiger partial charge in [-0.05, 0) is 37.8 Å². The molecule has 0 bridgehead atoms. The van der Waals surface area contributed by atoms with Crippen molar-refractivity contribution in [3.05, 3.63) is 30.3 Å². The van der Waals surface area contributed by atoms with Gasteiger partial charge in [-0.1, -0.05) is 56.7 Å². The van der Waals surface area contributed by atoms with Crippen LogP contribution in [-0.4, -0.2) is 12.2 Å². The molecule has 0 aromatic heterocycles. The van der Waals surface area contributed by atoms with Crippen molar-refractivity contribution in [3.8, 4) is 0 Å². The van der Waals surface area contributed by atoms with Crippen LogP contribution in [0.2, 0.25) is 0 Å². The maximum absolute atomic E-state index is 13.5. The smallest absolute Gasteiger partial charge is 0.302 e. The van der Waals surface area contributed by atoms with Gasteiger partial charge in [0.1, 0.15) is 0 Å². The molecular formula is C18H27O3P. The third-order valence-corrected chi connectivity index (χ3v) is 6.83. The molecule has 0 N–H and O–H groups in total. The molecule has 2 fully saturated rings. The Labute approximate surface area is 133 Å². The second kappa shape index (κ2) is 7.77. The number of hydrogen-bond donors (Lipinski definition) is 0. The van der Waals surface area contributed by atoms with E-state index < -0.39 is 7.60 Å². The lowest BCUT2D eigenvalue weighted by Crippen LogP contribution is -2.24. The molecule has 1 aromatic carbocycles. The first kappa shape index (κ1) is 16.2. The van der Waals surface area contributed by atoms with E-state index in [4.69, 9.17) is 9.05 Å². The van der Waals surface area contributed by atoms with Crippen LogP contribution in [0.1, 0.15) is 64.2 Å². The molecule has 0 amide bonds. The maximum Gasteiger partial charge on any atom is 0.361 e. The summed E-state index contributed by atoms with van der Waals surface area (Å²) in [7, 11) is -3.21. The van der Waals surface area contributed by atoms with E-state index in [1.807, 2.05) is 30.3 Å². The third-order valence-electron chi connectivity index (χ3n) is 4.75. The van der Waals surface area contributed by atoms with Crippen molar-refractivity contribution in [2.75, 3.05) is 0 Å². The van der Waals surface area contributed by atoms with E-state index in [0.29, 0.717) is 5.30 Å². The van der Waals surface area contributed by atoms with Gasteiger partial charge in [0, 0.05) is 0 Å². The molecule has 3 nitrogen and oxygen atoms in total. The minimum atomic E-state index is -3.21. The quantitative estimate of drug-likeness (QED) is 0.699. The Balaban J connectivity index is 1.76. The second-order valence-electron chi connectivity index (χ2n) is 6.56. The van der Waals surface area contributed by atoms with Crippen LogP contribution in [0.4, 0.5) is 0 Å². The largest absolute Gasteiger partial charge is 0.361 e. The molecule has 2 saturated carbocycles. The molecular weight excluding hydrogens is 295 g/mol. The first-order chi connectivity index (χ1) is 10.8. The third kappa shape index (κ3) is 4.22. The van der Waals surface area contributed by atoms with E-state index in [1.54, 1.807) is 0 Å². The van der Waals surface area contributed by atoms with Gasteiger partial charge >= 0.3 is 7.60 Å². The molecule has 22 heavy (non-hydrogen) atoms. The maximum atomic E-state index is 13.5. The van der Waals surface area contributed by atoms with Crippen LogP contribution in [0.3, 0.4) is 0 Å². The van der Waals surface area contributed by atoms with Crippen LogP contribution in [0.25, 0.3) is 0 Å². The van der Waals surface area contributed by atoms with E-state index in [-0.39, 0.29) is 12.2 Å². The molecule has 0 saturated heterocycles. The van der Waals surface area contributed by atoms with Crippen LogP contribution < -0.4 is 5.30 Å². The van der Waals surface area contributed by atoms with Gasteiger partial charge in [0.2, 0.25) is 0 Å². The molecule has 2 aliphatic rings. The summed E-state index contributed by atoms with van der Waals surface area (Å²) < 4.78 is 25.7.